The summed E-state index contributed by atoms with van der Waals surface area (Å²) in [5, 5.41) is 13.1. The maximum atomic E-state index is 5.18. The highest BCUT2D eigenvalue weighted by molar-refractivity contribution is 5.86. The van der Waals surface area contributed by atoms with Crippen molar-refractivity contribution in [1.29, 1.82) is 0 Å². The second-order valence-electron chi connectivity index (χ2n) is 4.47. The van der Waals surface area contributed by atoms with E-state index in [0.717, 1.165) is 16.6 Å². The van der Waals surface area contributed by atoms with E-state index in [4.69, 9.17) is 4.52 Å². The molecular formula is C15H13N3O. The number of benzene rings is 2. The number of hydrogen-bond donors (Lipinski definition) is 0. The Balaban J connectivity index is 1.96. The van der Waals surface area contributed by atoms with E-state index in [1.807, 2.05) is 42.5 Å². The molecule has 0 fully saturated rings. The summed E-state index contributed by atoms with van der Waals surface area (Å²) in [5.74, 6) is 0.439. The third-order valence-corrected chi connectivity index (χ3v) is 3.11. The van der Waals surface area contributed by atoms with Crippen molar-refractivity contribution in [3.8, 4) is 0 Å². The van der Waals surface area contributed by atoms with Gasteiger partial charge in [0.1, 0.15) is 5.52 Å². The normalized spacial score (nSPS) is 11.5. The molecule has 0 atom stereocenters. The van der Waals surface area contributed by atoms with E-state index in [9.17, 15) is 0 Å². The highest BCUT2D eigenvalue weighted by Gasteiger charge is 2.05. The second-order valence-corrected chi connectivity index (χ2v) is 4.47. The molecule has 0 aliphatic rings. The van der Waals surface area contributed by atoms with E-state index in [2.05, 4.69) is 29.2 Å². The average Bonchev–Trinajstić information content (AvgIpc) is 2.83. The molecule has 94 valence electrons. The number of aromatic nitrogens is 1. The van der Waals surface area contributed by atoms with Crippen molar-refractivity contribution >= 4 is 22.5 Å². The number of aryl methyl sites for hydroxylation is 2. The van der Waals surface area contributed by atoms with Crippen LogP contribution in [0.5, 0.6) is 0 Å². The molecule has 4 nitrogen and oxygen atoms in total. The molecule has 19 heavy (non-hydrogen) atoms. The van der Waals surface area contributed by atoms with Crippen molar-refractivity contribution < 1.29 is 4.52 Å². The van der Waals surface area contributed by atoms with Gasteiger partial charge in [-0.15, -0.1) is 10.2 Å². The smallest absolute Gasteiger partial charge is 0.277 e. The van der Waals surface area contributed by atoms with Crippen LogP contribution in [0, 0.1) is 13.8 Å². The van der Waals surface area contributed by atoms with E-state index >= 15 is 0 Å². The zero-order valence-corrected chi connectivity index (χ0v) is 10.8. The Morgan fingerprint density at radius 1 is 0.947 bits per heavy atom. The molecule has 3 rings (SSSR count). The summed E-state index contributed by atoms with van der Waals surface area (Å²) in [7, 11) is 0. The first kappa shape index (κ1) is 11.6. The van der Waals surface area contributed by atoms with Gasteiger partial charge in [-0.2, -0.15) is 0 Å². The van der Waals surface area contributed by atoms with E-state index in [1.54, 1.807) is 0 Å². The van der Waals surface area contributed by atoms with Crippen LogP contribution < -0.4 is 0 Å². The van der Waals surface area contributed by atoms with Crippen molar-refractivity contribution in [1.82, 2.24) is 5.16 Å². The van der Waals surface area contributed by atoms with Crippen LogP contribution in [0.1, 0.15) is 11.1 Å². The SMILES string of the molecule is Cc1ccc(N=Nc2onc3ccccc23)cc1C. The van der Waals surface area contributed by atoms with Crippen LogP contribution >= 0.6 is 0 Å². The quantitative estimate of drug-likeness (QED) is 0.610. The lowest BCUT2D eigenvalue weighted by molar-refractivity contribution is 0.436. The molecule has 4 heteroatoms. The highest BCUT2D eigenvalue weighted by Crippen LogP contribution is 2.27. The van der Waals surface area contributed by atoms with Gasteiger partial charge in [-0.3, -0.25) is 0 Å². The molecule has 0 saturated heterocycles. The number of azo groups is 1. The second kappa shape index (κ2) is 4.65. The fraction of sp³-hybridized carbons (Fsp3) is 0.133. The number of rotatable bonds is 2. The van der Waals surface area contributed by atoms with Gasteiger partial charge in [0.15, 0.2) is 0 Å². The van der Waals surface area contributed by atoms with E-state index in [-0.39, 0.29) is 0 Å². The fourth-order valence-corrected chi connectivity index (χ4v) is 1.84. The van der Waals surface area contributed by atoms with Crippen LogP contribution in [0.4, 0.5) is 11.6 Å². The predicted molar refractivity (Wildman–Crippen MR) is 74.1 cm³/mol. The first-order valence-corrected chi connectivity index (χ1v) is 6.07. The Morgan fingerprint density at radius 2 is 1.79 bits per heavy atom. The zero-order valence-electron chi connectivity index (χ0n) is 10.8. The van der Waals surface area contributed by atoms with Crippen LogP contribution in [-0.2, 0) is 0 Å². The molecule has 3 aromatic rings. The van der Waals surface area contributed by atoms with Gasteiger partial charge in [0.25, 0.3) is 5.88 Å². The summed E-state index contributed by atoms with van der Waals surface area (Å²) in [6, 6.07) is 13.6. The van der Waals surface area contributed by atoms with Crippen molar-refractivity contribution in [3.05, 3.63) is 53.6 Å². The minimum atomic E-state index is 0.439. The van der Waals surface area contributed by atoms with Gasteiger partial charge in [-0.1, -0.05) is 23.4 Å². The first-order chi connectivity index (χ1) is 9.24. The Labute approximate surface area is 110 Å². The summed E-state index contributed by atoms with van der Waals surface area (Å²) in [6.45, 7) is 4.12. The molecule has 0 bridgehead atoms. The molecule has 0 N–H and O–H groups in total. The summed E-state index contributed by atoms with van der Waals surface area (Å²) in [5.41, 5.74) is 4.03. The topological polar surface area (TPSA) is 50.8 Å². The summed E-state index contributed by atoms with van der Waals surface area (Å²) < 4.78 is 5.18. The Kier molecular flexibility index (Phi) is 2.83. The number of fused-ring (bicyclic) bond motifs is 1. The van der Waals surface area contributed by atoms with Crippen LogP contribution in [0.3, 0.4) is 0 Å². The monoisotopic (exact) mass is 251 g/mol. The molecule has 0 radical (unpaired) electrons. The fourth-order valence-electron chi connectivity index (χ4n) is 1.84. The molecular weight excluding hydrogens is 238 g/mol. The standard InChI is InChI=1S/C15H13N3O/c1-10-7-8-12(9-11(10)2)16-17-15-13-5-3-4-6-14(13)18-19-15/h3-9H,1-2H3. The van der Waals surface area contributed by atoms with Gasteiger partial charge < -0.3 is 4.52 Å². The van der Waals surface area contributed by atoms with Gasteiger partial charge in [0.05, 0.1) is 11.1 Å². The van der Waals surface area contributed by atoms with Crippen molar-refractivity contribution in [3.63, 3.8) is 0 Å². The molecule has 0 aliphatic carbocycles. The summed E-state index contributed by atoms with van der Waals surface area (Å²) in [4.78, 5) is 0. The minimum Gasteiger partial charge on any atom is -0.334 e. The Bertz CT molecular complexity index is 759. The van der Waals surface area contributed by atoms with Crippen LogP contribution in [0.15, 0.2) is 57.2 Å². The van der Waals surface area contributed by atoms with Gasteiger partial charge in [-0.05, 0) is 49.2 Å². The summed E-state index contributed by atoms with van der Waals surface area (Å²) >= 11 is 0. The van der Waals surface area contributed by atoms with Gasteiger partial charge in [0.2, 0.25) is 0 Å². The predicted octanol–water partition coefficient (Wildman–Crippen LogP) is 4.86. The molecule has 0 spiro atoms. The maximum Gasteiger partial charge on any atom is 0.277 e. The first-order valence-electron chi connectivity index (χ1n) is 6.07. The number of nitrogens with zero attached hydrogens (tertiary/aromatic N) is 3. The van der Waals surface area contributed by atoms with Crippen LogP contribution in [0.2, 0.25) is 0 Å². The zero-order chi connectivity index (χ0) is 13.2. The molecule has 1 heterocycles. The van der Waals surface area contributed by atoms with Gasteiger partial charge in [0, 0.05) is 0 Å². The van der Waals surface area contributed by atoms with Crippen molar-refractivity contribution in [2.45, 2.75) is 13.8 Å². The highest BCUT2D eigenvalue weighted by atomic mass is 16.5. The maximum absolute atomic E-state index is 5.18. The van der Waals surface area contributed by atoms with Crippen molar-refractivity contribution in [2.75, 3.05) is 0 Å². The lowest BCUT2D eigenvalue weighted by atomic mass is 10.1. The molecule has 0 aliphatic heterocycles. The molecule has 1 aromatic heterocycles. The minimum absolute atomic E-state index is 0.439. The molecule has 0 unspecified atom stereocenters. The summed E-state index contributed by atoms with van der Waals surface area (Å²) in [6.07, 6.45) is 0. The third kappa shape index (κ3) is 2.25. The lowest BCUT2D eigenvalue weighted by Crippen LogP contribution is -1.77. The molecule has 0 amide bonds. The number of hydrogen-bond acceptors (Lipinski definition) is 4. The lowest BCUT2D eigenvalue weighted by Gasteiger charge is -1.98. The van der Waals surface area contributed by atoms with Gasteiger partial charge >= 0.3 is 0 Å². The van der Waals surface area contributed by atoms with E-state index < -0.39 is 0 Å². The third-order valence-electron chi connectivity index (χ3n) is 3.11. The molecule has 0 saturated carbocycles. The van der Waals surface area contributed by atoms with Crippen LogP contribution in [0.25, 0.3) is 10.9 Å². The Morgan fingerprint density at radius 3 is 2.63 bits per heavy atom. The van der Waals surface area contributed by atoms with E-state index in [0.29, 0.717) is 5.88 Å². The Hall–Kier alpha value is -2.49. The van der Waals surface area contributed by atoms with Crippen molar-refractivity contribution in [2.24, 2.45) is 10.2 Å². The van der Waals surface area contributed by atoms with Crippen LogP contribution in [-0.4, -0.2) is 5.16 Å². The largest absolute Gasteiger partial charge is 0.334 e. The van der Waals surface area contributed by atoms with Gasteiger partial charge in [-0.25, -0.2) is 0 Å². The average molecular weight is 251 g/mol. The molecule has 2 aromatic carbocycles. The van der Waals surface area contributed by atoms with E-state index in [1.165, 1.54) is 11.1 Å².